The van der Waals surface area contributed by atoms with Gasteiger partial charge in [0.25, 0.3) is 17.7 Å². The number of benzene rings is 3. The second-order valence-corrected chi connectivity index (χ2v) is 10.5. The van der Waals surface area contributed by atoms with Crippen LogP contribution in [-0.2, 0) is 0 Å². The van der Waals surface area contributed by atoms with Gasteiger partial charge in [-0.25, -0.2) is 8.78 Å². The van der Waals surface area contributed by atoms with Crippen LogP contribution in [0.2, 0.25) is 0 Å². The van der Waals surface area contributed by atoms with Crippen LogP contribution in [0.1, 0.15) is 51.1 Å². The van der Waals surface area contributed by atoms with Gasteiger partial charge >= 0.3 is 0 Å². The van der Waals surface area contributed by atoms with Gasteiger partial charge in [0.1, 0.15) is 28.6 Å². The number of hydrogen-bond donors (Lipinski definition) is 3. The molecular weight excluding hydrogens is 600 g/mol. The maximum atomic E-state index is 15.8. The molecule has 0 atom stereocenters. The largest absolute Gasteiger partial charge is 0.496 e. The number of amides is 3. The number of pyridine rings is 2. The van der Waals surface area contributed by atoms with Gasteiger partial charge in [-0.05, 0) is 61.9 Å². The highest BCUT2D eigenvalue weighted by Gasteiger charge is 2.30. The molecule has 0 radical (unpaired) electrons. The fourth-order valence-electron chi connectivity index (χ4n) is 5.30. The van der Waals surface area contributed by atoms with Crippen molar-refractivity contribution in [3.05, 3.63) is 106 Å². The Kier molecular flexibility index (Phi) is 8.25. The number of nitrogens with two attached hydrogens (primary N) is 3. The van der Waals surface area contributed by atoms with Crippen LogP contribution in [0.25, 0.3) is 33.3 Å². The highest BCUT2D eigenvalue weighted by atomic mass is 19.1. The Morgan fingerprint density at radius 3 is 2.07 bits per heavy atom. The van der Waals surface area contributed by atoms with Gasteiger partial charge in [-0.3, -0.25) is 24.2 Å². The quantitative estimate of drug-likeness (QED) is 0.212. The topological polar surface area (TPSA) is 183 Å². The van der Waals surface area contributed by atoms with E-state index in [1.807, 2.05) is 0 Å². The molecule has 234 valence electrons. The molecule has 0 saturated carbocycles. The molecule has 0 spiro atoms. The predicted octanol–water partition coefficient (Wildman–Crippen LogP) is 4.69. The van der Waals surface area contributed by atoms with E-state index >= 15 is 4.39 Å². The summed E-state index contributed by atoms with van der Waals surface area (Å²) >= 11 is 0. The van der Waals surface area contributed by atoms with Crippen molar-refractivity contribution in [2.75, 3.05) is 7.11 Å². The minimum atomic E-state index is -1.14. The predicted molar refractivity (Wildman–Crippen MR) is 166 cm³/mol. The summed E-state index contributed by atoms with van der Waals surface area (Å²) in [6.45, 7) is 3.33. The van der Waals surface area contributed by atoms with E-state index in [0.29, 0.717) is 10.9 Å². The van der Waals surface area contributed by atoms with Crippen molar-refractivity contribution >= 4 is 28.6 Å². The normalized spacial score (nSPS) is 11.1. The number of carbonyl (C=O) groups is 3. The molecule has 0 saturated heterocycles. The highest BCUT2D eigenvalue weighted by Crippen LogP contribution is 2.37. The number of fused-ring (bicyclic) bond motifs is 1. The lowest BCUT2D eigenvalue weighted by molar-refractivity contribution is 0.0979. The van der Waals surface area contributed by atoms with Crippen molar-refractivity contribution in [3.8, 4) is 39.6 Å². The number of nitrogens with zero attached hydrogens (tertiary/aromatic N) is 2. The maximum Gasteiger partial charge on any atom is 0.266 e. The average molecular weight is 628 g/mol. The van der Waals surface area contributed by atoms with Gasteiger partial charge in [0.15, 0.2) is 11.6 Å². The zero-order chi connectivity index (χ0) is 33.4. The van der Waals surface area contributed by atoms with Crippen LogP contribution in [0, 0.1) is 11.6 Å². The van der Waals surface area contributed by atoms with Crippen molar-refractivity contribution in [3.63, 3.8) is 0 Å². The van der Waals surface area contributed by atoms with Gasteiger partial charge in [-0.15, -0.1) is 0 Å². The minimum absolute atomic E-state index is 0.0120. The zero-order valence-electron chi connectivity index (χ0n) is 24.8. The van der Waals surface area contributed by atoms with Crippen LogP contribution < -0.4 is 32.1 Å². The smallest absolute Gasteiger partial charge is 0.266 e. The molecule has 2 aromatic heterocycles. The third kappa shape index (κ3) is 5.49. The number of carbonyl (C=O) groups excluding carboxylic acids is 3. The molecule has 0 aliphatic heterocycles. The molecule has 46 heavy (non-hydrogen) atoms. The summed E-state index contributed by atoms with van der Waals surface area (Å²) in [4.78, 5) is 55.8. The van der Waals surface area contributed by atoms with E-state index in [-0.39, 0.29) is 50.9 Å². The molecule has 0 bridgehead atoms. The monoisotopic (exact) mass is 627 g/mol. The zero-order valence-corrected chi connectivity index (χ0v) is 24.8. The van der Waals surface area contributed by atoms with Gasteiger partial charge in [-0.1, -0.05) is 12.1 Å². The van der Waals surface area contributed by atoms with Gasteiger partial charge in [-0.2, -0.15) is 0 Å². The Balaban J connectivity index is 1.71. The number of methoxy groups -OCH3 is 1. The van der Waals surface area contributed by atoms with Crippen molar-refractivity contribution in [2.24, 2.45) is 17.2 Å². The molecule has 3 amide bonds. The van der Waals surface area contributed by atoms with E-state index in [9.17, 15) is 23.6 Å². The molecule has 3 aromatic carbocycles. The van der Waals surface area contributed by atoms with Gasteiger partial charge in [0.2, 0.25) is 5.43 Å². The van der Waals surface area contributed by atoms with Crippen molar-refractivity contribution in [1.82, 2.24) is 9.55 Å². The van der Waals surface area contributed by atoms with E-state index in [0.717, 1.165) is 18.2 Å². The Labute approximate surface area is 260 Å². The molecule has 0 unspecified atom stereocenters. The molecule has 0 aliphatic rings. The first-order chi connectivity index (χ1) is 21.8. The van der Waals surface area contributed by atoms with E-state index in [4.69, 9.17) is 26.7 Å². The Bertz CT molecular complexity index is 2130. The lowest BCUT2D eigenvalue weighted by Crippen LogP contribution is -2.33. The molecule has 11 nitrogen and oxygen atoms in total. The lowest BCUT2D eigenvalue weighted by Gasteiger charge is -2.25. The molecule has 5 rings (SSSR count). The Morgan fingerprint density at radius 1 is 0.826 bits per heavy atom. The molecular formula is C33H27F2N5O6. The van der Waals surface area contributed by atoms with Crippen LogP contribution in [0.15, 0.2) is 71.7 Å². The van der Waals surface area contributed by atoms with Crippen molar-refractivity contribution in [2.45, 2.75) is 19.9 Å². The summed E-state index contributed by atoms with van der Waals surface area (Å²) in [6.07, 6.45) is 1.42. The first kappa shape index (κ1) is 31.3. The first-order valence-electron chi connectivity index (χ1n) is 13.8. The number of hydrogen-bond acceptors (Lipinski definition) is 7. The summed E-state index contributed by atoms with van der Waals surface area (Å²) in [6, 6.07) is 12.1. The molecule has 13 heteroatoms. The number of rotatable bonds is 9. The second kappa shape index (κ2) is 12.1. The highest BCUT2D eigenvalue weighted by molar-refractivity contribution is 6.05. The number of primary amides is 3. The van der Waals surface area contributed by atoms with Gasteiger partial charge in [0, 0.05) is 29.3 Å². The third-order valence-corrected chi connectivity index (χ3v) is 7.25. The molecule has 5 aromatic rings. The molecule has 2 heterocycles. The molecule has 0 aliphatic carbocycles. The fraction of sp³-hybridized carbons (Fsp3) is 0.121. The van der Waals surface area contributed by atoms with Crippen LogP contribution in [0.3, 0.4) is 0 Å². The number of aromatic nitrogens is 2. The van der Waals surface area contributed by atoms with Gasteiger partial charge in [0.05, 0.1) is 29.4 Å². The minimum Gasteiger partial charge on any atom is -0.496 e. The van der Waals surface area contributed by atoms with Crippen LogP contribution in [-0.4, -0.2) is 34.4 Å². The Morgan fingerprint density at radius 2 is 1.50 bits per heavy atom. The standard InChI is InChI=1S/C33H27F2N5O6/c1-15(2)40-28(27(32(37)43)30(41)26(29(40)33(38)44)16-4-7-18(34)8-5-16)17-6-9-24(21(35)12-17)46-23-10-11-39-22-14-25(45-3)20(31(36)42)13-19(22)23/h4-15H,1-3H3,(H2,36,42)(H2,37,43)(H2,38,44). The summed E-state index contributed by atoms with van der Waals surface area (Å²) in [5.41, 5.74) is 15.4. The molecule has 6 N–H and O–H groups in total. The maximum absolute atomic E-state index is 15.8. The van der Waals surface area contributed by atoms with E-state index < -0.39 is 46.4 Å². The molecule has 0 fully saturated rings. The SMILES string of the molecule is COc1cc2nccc(Oc3ccc(-c4c(C(N)=O)c(=O)c(-c5ccc(F)cc5)c(C(N)=O)n4C(C)C)cc3F)c2cc1C(N)=O. The third-order valence-electron chi connectivity index (χ3n) is 7.25. The van der Waals surface area contributed by atoms with Gasteiger partial charge < -0.3 is 31.2 Å². The number of ether oxygens (including phenoxy) is 2. The van der Waals surface area contributed by atoms with E-state index in [2.05, 4.69) is 4.98 Å². The summed E-state index contributed by atoms with van der Waals surface area (Å²) in [7, 11) is 1.37. The summed E-state index contributed by atoms with van der Waals surface area (Å²) < 4.78 is 41.9. The Hall–Kier alpha value is -6.11. The second-order valence-electron chi connectivity index (χ2n) is 10.5. The summed E-state index contributed by atoms with van der Waals surface area (Å²) in [5, 5.41) is 0.340. The van der Waals surface area contributed by atoms with Crippen molar-refractivity contribution in [1.29, 1.82) is 0 Å². The van der Waals surface area contributed by atoms with Crippen LogP contribution >= 0.6 is 0 Å². The fourth-order valence-corrected chi connectivity index (χ4v) is 5.30. The van der Waals surface area contributed by atoms with Crippen molar-refractivity contribution < 1.29 is 32.6 Å². The lowest BCUT2D eigenvalue weighted by atomic mass is 9.94. The number of halogens is 2. The van der Waals surface area contributed by atoms with Crippen LogP contribution in [0.5, 0.6) is 17.2 Å². The van der Waals surface area contributed by atoms with Crippen LogP contribution in [0.4, 0.5) is 8.78 Å². The van der Waals surface area contributed by atoms with E-state index in [1.165, 1.54) is 60.3 Å². The van der Waals surface area contributed by atoms with E-state index in [1.54, 1.807) is 13.8 Å². The summed E-state index contributed by atoms with van der Waals surface area (Å²) in [5.74, 6) is -4.34. The first-order valence-corrected chi connectivity index (χ1v) is 13.8. The average Bonchev–Trinajstić information content (AvgIpc) is 3.00.